The third-order valence-corrected chi connectivity index (χ3v) is 14.3. The third kappa shape index (κ3) is 63.5. The Kier molecular flexibility index (Phi) is 60.7. The molecule has 0 fully saturated rings. The van der Waals surface area contributed by atoms with E-state index in [-0.39, 0.29) is 38.6 Å². The molecule has 0 aromatic heterocycles. The Morgan fingerprint density at radius 3 is 1.04 bits per heavy atom. The first-order valence-corrected chi connectivity index (χ1v) is 33.5. The molecular formula is C69H118NO8P. The number of nitrogens with two attached hydrogens (primary N) is 1. The molecule has 0 spiro atoms. The summed E-state index contributed by atoms with van der Waals surface area (Å²) in [6, 6.07) is 0. The molecule has 0 aliphatic carbocycles. The molecule has 0 aromatic rings. The number of carbonyl (C=O) groups excluding carboxylic acids is 2. The van der Waals surface area contributed by atoms with E-state index in [0.717, 1.165) is 116 Å². The van der Waals surface area contributed by atoms with Crippen molar-refractivity contribution in [3.63, 3.8) is 0 Å². The zero-order valence-corrected chi connectivity index (χ0v) is 51.5. The zero-order valence-electron chi connectivity index (χ0n) is 50.6. The third-order valence-electron chi connectivity index (χ3n) is 13.3. The van der Waals surface area contributed by atoms with Gasteiger partial charge in [-0.25, -0.2) is 4.57 Å². The van der Waals surface area contributed by atoms with Crippen molar-refractivity contribution < 1.29 is 37.6 Å². The summed E-state index contributed by atoms with van der Waals surface area (Å²) in [7, 11) is -4.40. The van der Waals surface area contributed by atoms with Crippen LogP contribution in [0.3, 0.4) is 0 Å². The molecule has 0 rings (SSSR count). The largest absolute Gasteiger partial charge is 0.472 e. The first-order chi connectivity index (χ1) is 38.8. The van der Waals surface area contributed by atoms with Crippen molar-refractivity contribution in [1.29, 1.82) is 0 Å². The lowest BCUT2D eigenvalue weighted by molar-refractivity contribution is -0.161. The molecule has 0 amide bonds. The van der Waals surface area contributed by atoms with Crippen LogP contribution in [0.4, 0.5) is 0 Å². The standard InChI is InChI=1S/C69H118NO8P/c1-3-5-7-9-11-13-15-17-19-21-23-25-27-29-31-32-33-34-36-38-40-42-44-46-48-50-52-54-56-58-60-62-69(72)78-67(66-77-79(73,74)76-64-63-70)65-75-68(71)61-59-57-55-53-51-49-47-45-43-41-39-37-35-30-28-26-24-22-20-18-16-14-12-10-8-6-4-2/h5,7,11,13,16-19,22-25,29,31,33-34,38,40,44,46,67H,3-4,6,8-10,12,14-15,20-21,26-28,30,32,35-37,39,41-43,45,47-66,70H2,1-2H3,(H,73,74)/b7-5-,13-11-,18-16-,19-17-,24-22-,25-23-,31-29-,34-33-,40-38-,46-44-. The zero-order chi connectivity index (χ0) is 57.3. The van der Waals surface area contributed by atoms with Crippen LogP contribution in [0.5, 0.6) is 0 Å². The van der Waals surface area contributed by atoms with Crippen LogP contribution >= 0.6 is 7.82 Å². The van der Waals surface area contributed by atoms with E-state index in [1.807, 2.05) is 0 Å². The van der Waals surface area contributed by atoms with Crippen LogP contribution in [0, 0.1) is 0 Å². The highest BCUT2D eigenvalue weighted by molar-refractivity contribution is 7.47. The molecule has 0 saturated heterocycles. The monoisotopic (exact) mass is 1120 g/mol. The van der Waals surface area contributed by atoms with E-state index in [4.69, 9.17) is 24.3 Å². The molecule has 0 saturated carbocycles. The predicted octanol–water partition coefficient (Wildman–Crippen LogP) is 20.7. The maximum atomic E-state index is 12.7. The van der Waals surface area contributed by atoms with Crippen LogP contribution in [0.25, 0.3) is 0 Å². The number of allylic oxidation sites excluding steroid dienone is 20. The van der Waals surface area contributed by atoms with Gasteiger partial charge in [-0.2, -0.15) is 0 Å². The maximum Gasteiger partial charge on any atom is 0.472 e. The van der Waals surface area contributed by atoms with Crippen molar-refractivity contribution in [3.05, 3.63) is 122 Å². The van der Waals surface area contributed by atoms with Crippen LogP contribution in [-0.4, -0.2) is 49.3 Å². The Hall–Kier alpha value is -3.59. The number of hydrogen-bond donors (Lipinski definition) is 2. The Morgan fingerprint density at radius 2 is 0.696 bits per heavy atom. The second kappa shape index (κ2) is 63.6. The SMILES string of the molecule is CC/C=C\C/C=C\C/C=C\C/C=C\C/C=C\C/C=C\C/C=C\C/C=C\CCCCCCCCC(=O)OC(COC(=O)CCCCCCCCCCCCCCCCC/C=C\C/C=C\CCCCCCC)COP(=O)(O)OCCN. The molecule has 3 N–H and O–H groups in total. The molecular weight excluding hydrogens is 1000 g/mol. The summed E-state index contributed by atoms with van der Waals surface area (Å²) >= 11 is 0. The van der Waals surface area contributed by atoms with E-state index in [0.29, 0.717) is 6.42 Å². The molecule has 0 heterocycles. The first-order valence-electron chi connectivity index (χ1n) is 32.0. The van der Waals surface area contributed by atoms with Crippen LogP contribution < -0.4 is 5.73 Å². The Labute approximate surface area is 485 Å². The Bertz CT molecular complexity index is 1710. The van der Waals surface area contributed by atoms with Gasteiger partial charge in [0.1, 0.15) is 6.61 Å². The fourth-order valence-electron chi connectivity index (χ4n) is 8.62. The van der Waals surface area contributed by atoms with Crippen LogP contribution in [0.2, 0.25) is 0 Å². The van der Waals surface area contributed by atoms with E-state index in [2.05, 4.69) is 135 Å². The average Bonchev–Trinajstić information content (AvgIpc) is 3.44. The summed E-state index contributed by atoms with van der Waals surface area (Å²) in [5, 5.41) is 0. The van der Waals surface area contributed by atoms with Gasteiger partial charge >= 0.3 is 19.8 Å². The van der Waals surface area contributed by atoms with E-state index in [1.54, 1.807) is 0 Å². The number of phosphoric ester groups is 1. The van der Waals surface area contributed by atoms with Gasteiger partial charge in [-0.05, 0) is 109 Å². The fourth-order valence-corrected chi connectivity index (χ4v) is 9.39. The molecule has 0 aliphatic rings. The number of unbranched alkanes of at least 4 members (excludes halogenated alkanes) is 26. The van der Waals surface area contributed by atoms with Gasteiger partial charge in [0.05, 0.1) is 13.2 Å². The molecule has 10 heteroatoms. The van der Waals surface area contributed by atoms with Gasteiger partial charge in [0.25, 0.3) is 0 Å². The highest BCUT2D eigenvalue weighted by Gasteiger charge is 2.26. The molecule has 9 nitrogen and oxygen atoms in total. The highest BCUT2D eigenvalue weighted by atomic mass is 31.2. The lowest BCUT2D eigenvalue weighted by Gasteiger charge is -2.19. The molecule has 2 atom stereocenters. The van der Waals surface area contributed by atoms with Gasteiger partial charge in [0.2, 0.25) is 0 Å². The van der Waals surface area contributed by atoms with Gasteiger partial charge < -0.3 is 20.1 Å². The normalized spacial score (nSPS) is 13.8. The lowest BCUT2D eigenvalue weighted by Crippen LogP contribution is -2.29. The van der Waals surface area contributed by atoms with E-state index >= 15 is 0 Å². The Balaban J connectivity index is 4.01. The molecule has 0 aliphatic heterocycles. The minimum Gasteiger partial charge on any atom is -0.462 e. The van der Waals surface area contributed by atoms with Crippen LogP contribution in [0.1, 0.15) is 271 Å². The Morgan fingerprint density at radius 1 is 0.392 bits per heavy atom. The highest BCUT2D eigenvalue weighted by Crippen LogP contribution is 2.43. The van der Waals surface area contributed by atoms with E-state index in [9.17, 15) is 19.0 Å². The van der Waals surface area contributed by atoms with Crippen molar-refractivity contribution in [1.82, 2.24) is 0 Å². The van der Waals surface area contributed by atoms with E-state index < -0.39 is 26.5 Å². The van der Waals surface area contributed by atoms with Crippen molar-refractivity contribution in [3.8, 4) is 0 Å². The van der Waals surface area contributed by atoms with Crippen LogP contribution in [-0.2, 0) is 32.7 Å². The van der Waals surface area contributed by atoms with Gasteiger partial charge in [-0.15, -0.1) is 0 Å². The summed E-state index contributed by atoms with van der Waals surface area (Å²) in [5.41, 5.74) is 5.39. The van der Waals surface area contributed by atoms with Crippen molar-refractivity contribution >= 4 is 19.8 Å². The molecule has 0 aromatic carbocycles. The summed E-state index contributed by atoms with van der Waals surface area (Å²) in [6.45, 7) is 3.61. The molecule has 2 unspecified atom stereocenters. The maximum absolute atomic E-state index is 12.7. The minimum atomic E-state index is -4.40. The number of hydrogen-bond acceptors (Lipinski definition) is 8. The molecule has 0 radical (unpaired) electrons. The van der Waals surface area contributed by atoms with Crippen molar-refractivity contribution in [2.75, 3.05) is 26.4 Å². The summed E-state index contributed by atoms with van der Waals surface area (Å²) in [5.74, 6) is -0.846. The smallest absolute Gasteiger partial charge is 0.462 e. The van der Waals surface area contributed by atoms with Gasteiger partial charge in [-0.1, -0.05) is 270 Å². The number of rotatable bonds is 59. The quantitative estimate of drug-likeness (QED) is 0.0264. The van der Waals surface area contributed by atoms with E-state index in [1.165, 1.54) is 122 Å². The fraction of sp³-hybridized carbons (Fsp3) is 0.681. The van der Waals surface area contributed by atoms with Gasteiger partial charge in [0.15, 0.2) is 6.10 Å². The second-order valence-corrected chi connectivity index (χ2v) is 22.3. The number of phosphoric acid groups is 1. The molecule has 79 heavy (non-hydrogen) atoms. The number of ether oxygens (including phenoxy) is 2. The summed E-state index contributed by atoms with van der Waals surface area (Å²) < 4.78 is 33.1. The predicted molar refractivity (Wildman–Crippen MR) is 339 cm³/mol. The van der Waals surface area contributed by atoms with Crippen LogP contribution in [0.15, 0.2) is 122 Å². The topological polar surface area (TPSA) is 134 Å². The lowest BCUT2D eigenvalue weighted by atomic mass is 10.0. The summed E-state index contributed by atoms with van der Waals surface area (Å²) in [4.78, 5) is 35.3. The first kappa shape index (κ1) is 75.4. The average molecular weight is 1120 g/mol. The minimum absolute atomic E-state index is 0.0452. The van der Waals surface area contributed by atoms with Gasteiger partial charge in [-0.3, -0.25) is 18.6 Å². The van der Waals surface area contributed by atoms with Crippen molar-refractivity contribution in [2.24, 2.45) is 5.73 Å². The van der Waals surface area contributed by atoms with Crippen molar-refractivity contribution in [2.45, 2.75) is 277 Å². The second-order valence-electron chi connectivity index (χ2n) is 20.9. The number of esters is 2. The summed E-state index contributed by atoms with van der Waals surface area (Å²) in [6.07, 6.45) is 88.3. The molecule has 0 bridgehead atoms. The van der Waals surface area contributed by atoms with Gasteiger partial charge in [0, 0.05) is 19.4 Å². The molecule has 452 valence electrons. The number of carbonyl (C=O) groups is 2.